The van der Waals surface area contributed by atoms with Crippen LogP contribution < -0.4 is 11.4 Å². The smallest absolute Gasteiger partial charge is 0.351 e. The Bertz CT molecular complexity index is 507. The summed E-state index contributed by atoms with van der Waals surface area (Å²) < 4.78 is 4.50. The van der Waals surface area contributed by atoms with Gasteiger partial charge < -0.3 is 20.7 Å². The van der Waals surface area contributed by atoms with E-state index in [0.717, 1.165) is 4.57 Å². The fourth-order valence-corrected chi connectivity index (χ4v) is 2.32. The number of nitrogens with two attached hydrogens (primary N) is 1. The number of ether oxygens (including phenoxy) is 1. The van der Waals surface area contributed by atoms with Gasteiger partial charge in [-0.1, -0.05) is 23.2 Å². The molecule has 0 bridgehead atoms. The van der Waals surface area contributed by atoms with Crippen molar-refractivity contribution in [3.63, 3.8) is 0 Å². The maximum absolute atomic E-state index is 11.6. The fourth-order valence-electron chi connectivity index (χ4n) is 1.72. The molecule has 2 heterocycles. The van der Waals surface area contributed by atoms with Crippen LogP contribution in [0.2, 0.25) is 0 Å². The lowest BCUT2D eigenvalue weighted by Crippen LogP contribution is -2.40. The van der Waals surface area contributed by atoms with Gasteiger partial charge in [0.25, 0.3) is 0 Å². The van der Waals surface area contributed by atoms with Crippen molar-refractivity contribution in [1.29, 1.82) is 0 Å². The van der Waals surface area contributed by atoms with Crippen LogP contribution in [0.15, 0.2) is 17.1 Å². The minimum Gasteiger partial charge on any atom is -0.394 e. The van der Waals surface area contributed by atoms with Crippen LogP contribution >= 0.6 is 23.2 Å². The van der Waals surface area contributed by atoms with E-state index in [9.17, 15) is 9.90 Å². The van der Waals surface area contributed by atoms with Gasteiger partial charge in [0.2, 0.25) is 0 Å². The van der Waals surface area contributed by atoms with E-state index in [0.29, 0.717) is 0 Å². The van der Waals surface area contributed by atoms with Crippen LogP contribution in [0.4, 0.5) is 5.82 Å². The third-order valence-corrected chi connectivity index (χ3v) is 3.48. The highest BCUT2D eigenvalue weighted by Crippen LogP contribution is 2.45. The van der Waals surface area contributed by atoms with Crippen molar-refractivity contribution in [3.05, 3.63) is 22.7 Å². The molecular weight excluding hydrogens is 285 g/mol. The zero-order chi connectivity index (χ0) is 13.5. The van der Waals surface area contributed by atoms with Crippen molar-refractivity contribution in [1.82, 2.24) is 9.55 Å². The standard InChI is InChI=1S/C9H11Cl2N3O4/c10-9(11)6(16)4(3-15)18-7(9)14-2-1-5(12)13-8(14)17/h1-2,4,6-7,15-16H,3H2,(H2,12,13,17)/t4-,6-,7-/m1/s1. The molecule has 1 aliphatic rings. The predicted molar refractivity (Wildman–Crippen MR) is 64.3 cm³/mol. The van der Waals surface area contributed by atoms with E-state index < -0.39 is 35.1 Å². The first-order valence-corrected chi connectivity index (χ1v) is 5.80. The van der Waals surface area contributed by atoms with Crippen molar-refractivity contribution in [2.45, 2.75) is 22.8 Å². The Labute approximate surface area is 112 Å². The Balaban J connectivity index is 2.42. The number of aliphatic hydroxyl groups excluding tert-OH is 2. The Morgan fingerprint density at radius 2 is 2.28 bits per heavy atom. The molecule has 2 rings (SSSR count). The molecule has 0 saturated carbocycles. The molecule has 1 saturated heterocycles. The van der Waals surface area contributed by atoms with Gasteiger partial charge in [-0.3, -0.25) is 4.57 Å². The van der Waals surface area contributed by atoms with Gasteiger partial charge in [-0.15, -0.1) is 0 Å². The molecule has 0 radical (unpaired) electrons. The molecule has 1 fully saturated rings. The van der Waals surface area contributed by atoms with Crippen molar-refractivity contribution in [3.8, 4) is 0 Å². The number of hydrogen-bond acceptors (Lipinski definition) is 6. The Kier molecular flexibility index (Phi) is 3.52. The molecule has 0 aliphatic carbocycles. The molecule has 4 N–H and O–H groups in total. The SMILES string of the molecule is Nc1ccn([C@@H]2O[C@H](CO)[C@@H](O)C2(Cl)Cl)c(=O)n1. The lowest BCUT2D eigenvalue weighted by Gasteiger charge is -2.23. The van der Waals surface area contributed by atoms with Crippen LogP contribution in [0.3, 0.4) is 0 Å². The topological polar surface area (TPSA) is 111 Å². The summed E-state index contributed by atoms with van der Waals surface area (Å²) in [6, 6.07) is 1.37. The average Bonchev–Trinajstić information content (AvgIpc) is 2.52. The van der Waals surface area contributed by atoms with Gasteiger partial charge in [0.05, 0.1) is 6.61 Å². The third-order valence-electron chi connectivity index (χ3n) is 2.66. The lowest BCUT2D eigenvalue weighted by molar-refractivity contribution is -0.0461. The first-order chi connectivity index (χ1) is 8.37. The number of hydrogen-bond donors (Lipinski definition) is 3. The number of alkyl halides is 2. The van der Waals surface area contributed by atoms with Gasteiger partial charge in [-0.25, -0.2) is 4.79 Å². The molecule has 0 spiro atoms. The summed E-state index contributed by atoms with van der Waals surface area (Å²) in [5.74, 6) is 0.0447. The quantitative estimate of drug-likeness (QED) is 0.619. The summed E-state index contributed by atoms with van der Waals surface area (Å²) in [5, 5.41) is 18.8. The molecular formula is C9H11Cl2N3O4. The Morgan fingerprint density at radius 1 is 1.61 bits per heavy atom. The number of halogens is 2. The summed E-state index contributed by atoms with van der Waals surface area (Å²) in [6.45, 7) is -0.476. The van der Waals surface area contributed by atoms with E-state index >= 15 is 0 Å². The normalized spacial score (nSPS) is 30.6. The minimum absolute atomic E-state index is 0.0447. The second kappa shape index (κ2) is 4.67. The summed E-state index contributed by atoms with van der Waals surface area (Å²) in [4.78, 5) is 15.2. The number of aromatic nitrogens is 2. The zero-order valence-corrected chi connectivity index (χ0v) is 10.5. The van der Waals surface area contributed by atoms with Crippen molar-refractivity contribution < 1.29 is 14.9 Å². The summed E-state index contributed by atoms with van der Waals surface area (Å²) >= 11 is 11.9. The van der Waals surface area contributed by atoms with E-state index in [-0.39, 0.29) is 5.82 Å². The molecule has 100 valence electrons. The van der Waals surface area contributed by atoms with Crippen molar-refractivity contribution >= 4 is 29.0 Å². The van der Waals surface area contributed by atoms with Crippen LogP contribution in [0, 0.1) is 0 Å². The van der Waals surface area contributed by atoms with Crippen LogP contribution in [0.25, 0.3) is 0 Å². The van der Waals surface area contributed by atoms with E-state index in [1.54, 1.807) is 0 Å². The summed E-state index contributed by atoms with van der Waals surface area (Å²) in [6.07, 6.45) is -2.16. The second-order valence-corrected chi connectivity index (χ2v) is 5.32. The number of anilines is 1. The molecule has 18 heavy (non-hydrogen) atoms. The molecule has 0 amide bonds. The van der Waals surface area contributed by atoms with Crippen LogP contribution in [-0.4, -0.2) is 42.9 Å². The van der Waals surface area contributed by atoms with E-state index in [4.69, 9.17) is 38.8 Å². The van der Waals surface area contributed by atoms with Crippen LogP contribution in [0.1, 0.15) is 6.23 Å². The molecule has 1 aromatic rings. The first-order valence-electron chi connectivity index (χ1n) is 5.04. The summed E-state index contributed by atoms with van der Waals surface area (Å²) in [7, 11) is 0. The molecule has 1 aromatic heterocycles. The average molecular weight is 296 g/mol. The highest BCUT2D eigenvalue weighted by molar-refractivity contribution is 6.49. The Morgan fingerprint density at radius 3 is 2.78 bits per heavy atom. The second-order valence-electron chi connectivity index (χ2n) is 3.87. The van der Waals surface area contributed by atoms with Crippen LogP contribution in [-0.2, 0) is 4.74 Å². The monoisotopic (exact) mass is 295 g/mol. The Hall–Kier alpha value is -0.860. The van der Waals surface area contributed by atoms with Crippen molar-refractivity contribution in [2.24, 2.45) is 0 Å². The zero-order valence-electron chi connectivity index (χ0n) is 9.03. The van der Waals surface area contributed by atoms with Crippen LogP contribution in [0.5, 0.6) is 0 Å². The fraction of sp³-hybridized carbons (Fsp3) is 0.556. The number of nitrogens with zero attached hydrogens (tertiary/aromatic N) is 2. The maximum Gasteiger partial charge on any atom is 0.351 e. The number of nitrogen functional groups attached to an aromatic ring is 1. The highest BCUT2D eigenvalue weighted by atomic mass is 35.5. The summed E-state index contributed by atoms with van der Waals surface area (Å²) in [5.41, 5.74) is 4.64. The number of aliphatic hydroxyl groups is 2. The van der Waals surface area contributed by atoms with E-state index in [2.05, 4.69) is 4.98 Å². The van der Waals surface area contributed by atoms with Gasteiger partial charge in [0.1, 0.15) is 18.0 Å². The molecule has 9 heteroatoms. The maximum atomic E-state index is 11.6. The van der Waals surface area contributed by atoms with Crippen molar-refractivity contribution in [2.75, 3.05) is 12.3 Å². The molecule has 1 aliphatic heterocycles. The molecule has 0 unspecified atom stereocenters. The van der Waals surface area contributed by atoms with Gasteiger partial charge in [0.15, 0.2) is 10.6 Å². The third kappa shape index (κ3) is 2.08. The van der Waals surface area contributed by atoms with E-state index in [1.807, 2.05) is 0 Å². The van der Waals surface area contributed by atoms with Gasteiger partial charge in [-0.05, 0) is 6.07 Å². The molecule has 3 atom stereocenters. The van der Waals surface area contributed by atoms with Gasteiger partial charge in [0, 0.05) is 6.20 Å². The minimum atomic E-state index is -1.77. The predicted octanol–water partition coefficient (Wildman–Crippen LogP) is -0.750. The van der Waals surface area contributed by atoms with Gasteiger partial charge in [-0.2, -0.15) is 4.98 Å². The highest BCUT2D eigenvalue weighted by Gasteiger charge is 2.55. The van der Waals surface area contributed by atoms with E-state index in [1.165, 1.54) is 12.3 Å². The first kappa shape index (κ1) is 13.6. The molecule has 0 aromatic carbocycles. The largest absolute Gasteiger partial charge is 0.394 e. The number of rotatable bonds is 2. The lowest BCUT2D eigenvalue weighted by atomic mass is 10.2. The van der Waals surface area contributed by atoms with Gasteiger partial charge >= 0.3 is 5.69 Å². The molecule has 7 nitrogen and oxygen atoms in total.